The summed E-state index contributed by atoms with van der Waals surface area (Å²) in [5.74, 6) is 1.81. The van der Waals surface area contributed by atoms with E-state index in [4.69, 9.17) is 9.72 Å². The van der Waals surface area contributed by atoms with E-state index in [0.29, 0.717) is 6.10 Å². The minimum Gasteiger partial charge on any atom is -0.474 e. The van der Waals surface area contributed by atoms with Crippen LogP contribution in [0.2, 0.25) is 0 Å². The Kier molecular flexibility index (Phi) is 5.97. The summed E-state index contributed by atoms with van der Waals surface area (Å²) in [7, 11) is 0. The third-order valence-corrected chi connectivity index (χ3v) is 5.61. The van der Waals surface area contributed by atoms with Crippen molar-refractivity contribution >= 4 is 0 Å². The molecule has 0 bridgehead atoms. The van der Waals surface area contributed by atoms with Crippen LogP contribution in [0, 0.1) is 0 Å². The molecule has 0 N–H and O–H groups in total. The quantitative estimate of drug-likeness (QED) is 0.770. The first-order valence-corrected chi connectivity index (χ1v) is 10.5. The molecule has 5 heteroatoms. The van der Waals surface area contributed by atoms with E-state index in [0.717, 1.165) is 63.4 Å². The van der Waals surface area contributed by atoms with Crippen LogP contribution in [-0.4, -0.2) is 32.5 Å². The standard InChI is InChI=1S/C22H30N4O/c1-2-7-21-24-14-18-16-26(13-11-20(18)25-21)15-17-8-6-12-23-22(17)27-19-9-4-3-5-10-19/h6,8,12,14,19H,2-5,7,9-11,13,15-16H2,1H3. The highest BCUT2D eigenvalue weighted by Crippen LogP contribution is 2.26. The maximum absolute atomic E-state index is 6.28. The molecule has 3 heterocycles. The van der Waals surface area contributed by atoms with Crippen molar-refractivity contribution < 1.29 is 4.74 Å². The van der Waals surface area contributed by atoms with Gasteiger partial charge in [-0.3, -0.25) is 4.90 Å². The highest BCUT2D eigenvalue weighted by Gasteiger charge is 2.21. The normalized spacial score (nSPS) is 18.3. The number of fused-ring (bicyclic) bond motifs is 1. The number of aryl methyl sites for hydroxylation is 1. The summed E-state index contributed by atoms with van der Waals surface area (Å²) in [5, 5.41) is 0. The molecule has 1 saturated carbocycles. The predicted octanol–water partition coefficient (Wildman–Crippen LogP) is 4.09. The topological polar surface area (TPSA) is 51.1 Å². The van der Waals surface area contributed by atoms with Crippen LogP contribution in [0.3, 0.4) is 0 Å². The molecule has 27 heavy (non-hydrogen) atoms. The molecule has 144 valence electrons. The zero-order chi connectivity index (χ0) is 18.5. The molecule has 0 radical (unpaired) electrons. The first kappa shape index (κ1) is 18.4. The van der Waals surface area contributed by atoms with E-state index >= 15 is 0 Å². The lowest BCUT2D eigenvalue weighted by Gasteiger charge is -2.29. The largest absolute Gasteiger partial charge is 0.474 e. The summed E-state index contributed by atoms with van der Waals surface area (Å²) in [4.78, 5) is 16.3. The predicted molar refractivity (Wildman–Crippen MR) is 106 cm³/mol. The van der Waals surface area contributed by atoms with Gasteiger partial charge in [-0.25, -0.2) is 15.0 Å². The first-order chi connectivity index (χ1) is 13.3. The second-order valence-electron chi connectivity index (χ2n) is 7.81. The van der Waals surface area contributed by atoms with Gasteiger partial charge in [-0.1, -0.05) is 19.4 Å². The maximum Gasteiger partial charge on any atom is 0.218 e. The van der Waals surface area contributed by atoms with Gasteiger partial charge in [0.1, 0.15) is 11.9 Å². The molecule has 0 saturated heterocycles. The molecule has 4 rings (SSSR count). The fourth-order valence-electron chi connectivity index (χ4n) is 4.13. The zero-order valence-electron chi connectivity index (χ0n) is 16.4. The molecule has 0 spiro atoms. The fourth-order valence-corrected chi connectivity index (χ4v) is 4.13. The van der Waals surface area contributed by atoms with Gasteiger partial charge in [-0.05, 0) is 38.2 Å². The van der Waals surface area contributed by atoms with Crippen LogP contribution in [0.5, 0.6) is 5.88 Å². The third kappa shape index (κ3) is 4.64. The van der Waals surface area contributed by atoms with E-state index in [1.165, 1.54) is 36.1 Å². The Morgan fingerprint density at radius 1 is 1.19 bits per heavy atom. The van der Waals surface area contributed by atoms with Crippen molar-refractivity contribution in [3.63, 3.8) is 0 Å². The third-order valence-electron chi connectivity index (χ3n) is 5.61. The van der Waals surface area contributed by atoms with Crippen LogP contribution in [0.25, 0.3) is 0 Å². The Labute approximate surface area is 162 Å². The Bertz CT molecular complexity index is 758. The van der Waals surface area contributed by atoms with E-state index in [-0.39, 0.29) is 0 Å². The van der Waals surface area contributed by atoms with Gasteiger partial charge in [0.15, 0.2) is 0 Å². The molecule has 2 aromatic rings. The first-order valence-electron chi connectivity index (χ1n) is 10.5. The highest BCUT2D eigenvalue weighted by atomic mass is 16.5. The van der Waals surface area contributed by atoms with Crippen molar-refractivity contribution in [2.45, 2.75) is 77.5 Å². The van der Waals surface area contributed by atoms with Crippen LogP contribution >= 0.6 is 0 Å². The molecule has 0 atom stereocenters. The Morgan fingerprint density at radius 2 is 2.07 bits per heavy atom. The summed E-state index contributed by atoms with van der Waals surface area (Å²) < 4.78 is 6.28. The number of hydrogen-bond donors (Lipinski definition) is 0. The molecule has 5 nitrogen and oxygen atoms in total. The molecule has 1 fully saturated rings. The molecular formula is C22H30N4O. The molecule has 0 aromatic carbocycles. The summed E-state index contributed by atoms with van der Waals surface area (Å²) >= 11 is 0. The fraction of sp³-hybridized carbons (Fsp3) is 0.591. The van der Waals surface area contributed by atoms with E-state index < -0.39 is 0 Å². The van der Waals surface area contributed by atoms with E-state index in [1.807, 2.05) is 18.5 Å². The number of pyridine rings is 1. The van der Waals surface area contributed by atoms with Gasteiger partial charge < -0.3 is 4.74 Å². The lowest BCUT2D eigenvalue weighted by atomic mass is 9.98. The Balaban J connectivity index is 1.42. The summed E-state index contributed by atoms with van der Waals surface area (Å²) in [6.45, 7) is 4.96. The summed E-state index contributed by atoms with van der Waals surface area (Å²) in [5.41, 5.74) is 3.68. The van der Waals surface area contributed by atoms with Gasteiger partial charge in [0.25, 0.3) is 0 Å². The van der Waals surface area contributed by atoms with Gasteiger partial charge >= 0.3 is 0 Å². The van der Waals surface area contributed by atoms with Crippen LogP contribution in [0.15, 0.2) is 24.5 Å². The lowest BCUT2D eigenvalue weighted by Crippen LogP contribution is -2.31. The van der Waals surface area contributed by atoms with Gasteiger partial charge in [-0.2, -0.15) is 0 Å². The van der Waals surface area contributed by atoms with Gasteiger partial charge in [0.05, 0.1) is 0 Å². The minimum absolute atomic E-state index is 0.333. The average molecular weight is 367 g/mol. The molecule has 1 aliphatic carbocycles. The monoisotopic (exact) mass is 366 g/mol. The van der Waals surface area contributed by atoms with Crippen LogP contribution in [-0.2, 0) is 25.9 Å². The molecular weight excluding hydrogens is 336 g/mol. The van der Waals surface area contributed by atoms with E-state index in [1.54, 1.807) is 0 Å². The van der Waals surface area contributed by atoms with Crippen molar-refractivity contribution in [3.8, 4) is 5.88 Å². The number of nitrogens with zero attached hydrogens (tertiary/aromatic N) is 4. The molecule has 0 unspecified atom stereocenters. The van der Waals surface area contributed by atoms with E-state index in [9.17, 15) is 0 Å². The SMILES string of the molecule is CCCc1ncc2c(n1)CCN(Cc1cccnc1OC1CCCCC1)C2. The lowest BCUT2D eigenvalue weighted by molar-refractivity contribution is 0.143. The van der Waals surface area contributed by atoms with Gasteiger partial charge in [-0.15, -0.1) is 0 Å². The number of hydrogen-bond acceptors (Lipinski definition) is 5. The van der Waals surface area contributed by atoms with E-state index in [2.05, 4.69) is 27.9 Å². The molecule has 1 aliphatic heterocycles. The van der Waals surface area contributed by atoms with Gasteiger partial charge in [0.2, 0.25) is 5.88 Å². The molecule has 2 aliphatic rings. The van der Waals surface area contributed by atoms with Crippen molar-refractivity contribution in [2.75, 3.05) is 6.54 Å². The van der Waals surface area contributed by atoms with Crippen molar-refractivity contribution in [1.29, 1.82) is 0 Å². The maximum atomic E-state index is 6.28. The molecule has 0 amide bonds. The van der Waals surface area contributed by atoms with Crippen molar-refractivity contribution in [1.82, 2.24) is 19.9 Å². The number of rotatable bonds is 6. The highest BCUT2D eigenvalue weighted by molar-refractivity contribution is 5.27. The zero-order valence-corrected chi connectivity index (χ0v) is 16.4. The second kappa shape index (κ2) is 8.79. The summed E-state index contributed by atoms with van der Waals surface area (Å²) in [6, 6.07) is 4.17. The van der Waals surface area contributed by atoms with Crippen LogP contribution in [0.4, 0.5) is 0 Å². The van der Waals surface area contributed by atoms with Gasteiger partial charge in [0, 0.05) is 61.7 Å². The Morgan fingerprint density at radius 3 is 2.93 bits per heavy atom. The van der Waals surface area contributed by atoms with Crippen molar-refractivity contribution in [2.24, 2.45) is 0 Å². The summed E-state index contributed by atoms with van der Waals surface area (Å²) in [6.07, 6.45) is 13.5. The minimum atomic E-state index is 0.333. The smallest absolute Gasteiger partial charge is 0.218 e. The number of aromatic nitrogens is 3. The Hall–Kier alpha value is -2.01. The molecule has 2 aromatic heterocycles. The number of ether oxygens (including phenoxy) is 1. The second-order valence-corrected chi connectivity index (χ2v) is 7.81. The average Bonchev–Trinajstić information content (AvgIpc) is 2.71. The van der Waals surface area contributed by atoms with Crippen molar-refractivity contribution in [3.05, 3.63) is 47.2 Å². The van der Waals surface area contributed by atoms with Crippen LogP contribution in [0.1, 0.15) is 68.1 Å². The van der Waals surface area contributed by atoms with Crippen LogP contribution < -0.4 is 4.74 Å².